The first kappa shape index (κ1) is 16.2. The molecule has 0 saturated carbocycles. The Morgan fingerprint density at radius 1 is 1.45 bits per heavy atom. The molecule has 0 saturated heterocycles. The van der Waals surface area contributed by atoms with Gasteiger partial charge in [0.25, 0.3) is 0 Å². The lowest BCUT2D eigenvalue weighted by atomic mass is 10.1. The molecule has 0 aliphatic rings. The number of rotatable bonds is 4. The lowest BCUT2D eigenvalue weighted by Crippen LogP contribution is -2.27. The summed E-state index contributed by atoms with van der Waals surface area (Å²) in [4.78, 5) is 21.5. The molecule has 0 bridgehead atoms. The fraction of sp³-hybridized carbons (Fsp3) is 0.462. The first-order valence-corrected chi connectivity index (χ1v) is 6.45. The van der Waals surface area contributed by atoms with Gasteiger partial charge in [-0.1, -0.05) is 17.7 Å². The van der Waals surface area contributed by atoms with E-state index in [1.54, 1.807) is 39.0 Å². The van der Waals surface area contributed by atoms with Crippen LogP contribution in [0.1, 0.15) is 26.3 Å². The van der Waals surface area contributed by atoms with Crippen LogP contribution in [0.3, 0.4) is 0 Å². The second-order valence-electron chi connectivity index (χ2n) is 5.25. The highest BCUT2D eigenvalue weighted by Gasteiger charge is 2.17. The van der Waals surface area contributed by atoms with E-state index in [-0.39, 0.29) is 11.5 Å². The van der Waals surface area contributed by atoms with Crippen LogP contribution in [0.4, 0.5) is 10.5 Å². The van der Waals surface area contributed by atoms with Crippen molar-refractivity contribution in [2.45, 2.75) is 32.8 Å². The van der Waals surface area contributed by atoms with Gasteiger partial charge in [-0.15, -0.1) is 0 Å². The van der Waals surface area contributed by atoms with Crippen LogP contribution >= 0.6 is 11.6 Å². The summed E-state index contributed by atoms with van der Waals surface area (Å²) in [5, 5.41) is 13.2. The molecule has 0 aliphatic heterocycles. The molecule has 1 amide bonds. The molecule has 0 heterocycles. The minimum atomic E-state index is -0.600. The maximum atomic E-state index is 11.6. The van der Waals surface area contributed by atoms with Crippen molar-refractivity contribution < 1.29 is 14.5 Å². The molecule has 0 spiro atoms. The van der Waals surface area contributed by atoms with E-state index in [0.717, 1.165) is 5.56 Å². The van der Waals surface area contributed by atoms with Crippen molar-refractivity contribution in [3.63, 3.8) is 0 Å². The molecule has 1 aromatic rings. The zero-order valence-electron chi connectivity index (χ0n) is 11.6. The van der Waals surface area contributed by atoms with Gasteiger partial charge < -0.3 is 4.74 Å². The summed E-state index contributed by atoms with van der Waals surface area (Å²) in [5.74, 6) is 0. The predicted octanol–water partition coefficient (Wildman–Crippen LogP) is 3.51. The van der Waals surface area contributed by atoms with Gasteiger partial charge in [-0.3, -0.25) is 15.4 Å². The van der Waals surface area contributed by atoms with Crippen molar-refractivity contribution in [3.8, 4) is 0 Å². The highest BCUT2D eigenvalue weighted by molar-refractivity contribution is 6.33. The van der Waals surface area contributed by atoms with Crippen molar-refractivity contribution in [2.24, 2.45) is 0 Å². The minimum Gasteiger partial charge on any atom is -0.444 e. The average molecular weight is 301 g/mol. The van der Waals surface area contributed by atoms with Crippen LogP contribution < -0.4 is 5.32 Å². The van der Waals surface area contributed by atoms with Gasteiger partial charge in [0.1, 0.15) is 5.60 Å². The summed E-state index contributed by atoms with van der Waals surface area (Å²) in [7, 11) is 0. The van der Waals surface area contributed by atoms with Gasteiger partial charge >= 0.3 is 6.09 Å². The zero-order valence-corrected chi connectivity index (χ0v) is 12.4. The van der Waals surface area contributed by atoms with Crippen molar-refractivity contribution in [1.29, 1.82) is 0 Å². The number of anilines is 1. The first-order chi connectivity index (χ1) is 9.17. The summed E-state index contributed by atoms with van der Waals surface area (Å²) >= 11 is 6.02. The summed E-state index contributed by atoms with van der Waals surface area (Å²) in [5.41, 5.74) is 0.551. The van der Waals surface area contributed by atoms with Crippen molar-refractivity contribution in [3.05, 3.63) is 38.9 Å². The van der Waals surface area contributed by atoms with E-state index in [9.17, 15) is 14.9 Å². The molecule has 0 radical (unpaired) electrons. The number of carbonyl (C=O) groups excluding carboxylic acids is 1. The van der Waals surface area contributed by atoms with Crippen LogP contribution in [-0.2, 0) is 11.2 Å². The SMILES string of the molecule is CC(C)(C)OC(=O)Nc1ccc(CC[N+](=O)[O-])cc1Cl. The fourth-order valence-electron chi connectivity index (χ4n) is 1.45. The summed E-state index contributed by atoms with van der Waals surface area (Å²) in [6.07, 6.45) is -0.308. The molecule has 6 nitrogen and oxygen atoms in total. The van der Waals surface area contributed by atoms with Gasteiger partial charge in [-0.2, -0.15) is 0 Å². The smallest absolute Gasteiger partial charge is 0.412 e. The number of nitro groups is 1. The number of hydrogen-bond acceptors (Lipinski definition) is 4. The summed E-state index contributed by atoms with van der Waals surface area (Å²) < 4.78 is 5.11. The molecule has 1 aromatic carbocycles. The highest BCUT2D eigenvalue weighted by Crippen LogP contribution is 2.24. The third-order valence-electron chi connectivity index (χ3n) is 2.25. The van der Waals surface area contributed by atoms with E-state index in [2.05, 4.69) is 5.32 Å². The largest absolute Gasteiger partial charge is 0.444 e. The number of benzene rings is 1. The molecule has 0 aliphatic carbocycles. The number of ether oxygens (including phenoxy) is 1. The number of hydrogen-bond donors (Lipinski definition) is 1. The maximum absolute atomic E-state index is 11.6. The molecular weight excluding hydrogens is 284 g/mol. The molecule has 1 rings (SSSR count). The van der Waals surface area contributed by atoms with Crippen LogP contribution in [-0.4, -0.2) is 23.2 Å². The van der Waals surface area contributed by atoms with Gasteiger partial charge in [-0.05, 0) is 38.5 Å². The van der Waals surface area contributed by atoms with Crippen molar-refractivity contribution in [1.82, 2.24) is 0 Å². The summed E-state index contributed by atoms with van der Waals surface area (Å²) in [6, 6.07) is 4.88. The molecule has 0 aromatic heterocycles. The van der Waals surface area contributed by atoms with Crippen molar-refractivity contribution >= 4 is 23.4 Å². The Morgan fingerprint density at radius 3 is 2.60 bits per heavy atom. The fourth-order valence-corrected chi connectivity index (χ4v) is 1.70. The Morgan fingerprint density at radius 2 is 2.10 bits per heavy atom. The molecule has 0 unspecified atom stereocenters. The normalized spacial score (nSPS) is 11.0. The maximum Gasteiger partial charge on any atom is 0.412 e. The third-order valence-corrected chi connectivity index (χ3v) is 2.56. The van der Waals surface area contributed by atoms with Gasteiger partial charge in [-0.25, -0.2) is 4.79 Å². The third kappa shape index (κ3) is 5.88. The lowest BCUT2D eigenvalue weighted by Gasteiger charge is -2.20. The molecular formula is C13H17ClN2O4. The van der Waals surface area contributed by atoms with Crippen molar-refractivity contribution in [2.75, 3.05) is 11.9 Å². The minimum absolute atomic E-state index is 0.158. The molecule has 0 fully saturated rings. The van der Waals surface area contributed by atoms with Crippen LogP contribution in [0.15, 0.2) is 18.2 Å². The second-order valence-corrected chi connectivity index (χ2v) is 5.65. The Labute approximate surface area is 122 Å². The standard InChI is InChI=1S/C13H17ClN2O4/c1-13(2,3)20-12(17)15-11-5-4-9(8-10(11)14)6-7-16(18)19/h4-5,8H,6-7H2,1-3H3,(H,15,17). The topological polar surface area (TPSA) is 81.5 Å². The number of nitrogens with zero attached hydrogens (tertiary/aromatic N) is 1. The zero-order chi connectivity index (χ0) is 15.3. The molecule has 20 heavy (non-hydrogen) atoms. The van der Waals surface area contributed by atoms with Crippen LogP contribution in [0.5, 0.6) is 0 Å². The predicted molar refractivity (Wildman–Crippen MR) is 76.9 cm³/mol. The van der Waals surface area contributed by atoms with Gasteiger partial charge in [0.05, 0.1) is 10.7 Å². The second kappa shape index (κ2) is 6.56. The van der Waals surface area contributed by atoms with Gasteiger partial charge in [0.15, 0.2) is 0 Å². The molecule has 1 N–H and O–H groups in total. The number of amides is 1. The summed E-state index contributed by atoms with van der Waals surface area (Å²) in [6.45, 7) is 5.12. The molecule has 110 valence electrons. The van der Waals surface area contributed by atoms with E-state index < -0.39 is 11.7 Å². The first-order valence-electron chi connectivity index (χ1n) is 6.07. The van der Waals surface area contributed by atoms with Crippen LogP contribution in [0.25, 0.3) is 0 Å². The molecule has 0 atom stereocenters. The van der Waals surface area contributed by atoms with E-state index in [1.807, 2.05) is 0 Å². The highest BCUT2D eigenvalue weighted by atomic mass is 35.5. The Kier molecular flexibility index (Phi) is 5.33. The van der Waals surface area contributed by atoms with E-state index in [0.29, 0.717) is 17.1 Å². The Hall–Kier alpha value is -1.82. The number of nitrogens with one attached hydrogen (secondary N) is 1. The number of carbonyl (C=O) groups is 1. The van der Waals surface area contributed by atoms with E-state index >= 15 is 0 Å². The van der Waals surface area contributed by atoms with Crippen LogP contribution in [0, 0.1) is 10.1 Å². The Bertz CT molecular complexity index is 512. The quantitative estimate of drug-likeness (QED) is 0.681. The average Bonchev–Trinajstić information content (AvgIpc) is 2.27. The van der Waals surface area contributed by atoms with Gasteiger partial charge in [0.2, 0.25) is 6.54 Å². The number of halogens is 1. The lowest BCUT2D eigenvalue weighted by molar-refractivity contribution is -0.479. The monoisotopic (exact) mass is 300 g/mol. The van der Waals surface area contributed by atoms with E-state index in [1.165, 1.54) is 0 Å². The molecule has 7 heteroatoms. The van der Waals surface area contributed by atoms with Gasteiger partial charge in [0, 0.05) is 11.3 Å². The Balaban J connectivity index is 2.68. The van der Waals surface area contributed by atoms with Crippen LogP contribution in [0.2, 0.25) is 5.02 Å². The van der Waals surface area contributed by atoms with E-state index in [4.69, 9.17) is 16.3 Å².